The van der Waals surface area contributed by atoms with Crippen LogP contribution < -0.4 is 4.72 Å². The predicted octanol–water partition coefficient (Wildman–Crippen LogP) is 2.35. The van der Waals surface area contributed by atoms with Crippen molar-refractivity contribution >= 4 is 15.8 Å². The third kappa shape index (κ3) is 3.52. The second-order valence-corrected chi connectivity index (χ2v) is 7.97. The molecule has 0 bridgehead atoms. The summed E-state index contributed by atoms with van der Waals surface area (Å²) in [6.07, 6.45) is 5.82. The van der Waals surface area contributed by atoms with Gasteiger partial charge in [0, 0.05) is 11.8 Å². The smallest absolute Gasteiger partial charge is 0.236 e. The van der Waals surface area contributed by atoms with Gasteiger partial charge in [-0.05, 0) is 32.8 Å². The zero-order valence-corrected chi connectivity index (χ0v) is 14.2. The fraction of sp³-hybridized carbons (Fsp3) is 0.533. The van der Waals surface area contributed by atoms with Crippen LogP contribution in [0.5, 0.6) is 0 Å². The molecule has 23 heavy (non-hydrogen) atoms. The Morgan fingerprint density at radius 2 is 1.87 bits per heavy atom. The van der Waals surface area contributed by atoms with Crippen molar-refractivity contribution in [3.63, 3.8) is 0 Å². The van der Waals surface area contributed by atoms with Crippen molar-refractivity contribution in [1.82, 2.24) is 19.7 Å². The van der Waals surface area contributed by atoms with Crippen molar-refractivity contribution in [1.29, 1.82) is 0 Å². The molecule has 0 aliphatic heterocycles. The molecule has 0 unspecified atom stereocenters. The highest BCUT2D eigenvalue weighted by molar-refractivity contribution is 7.93. The maximum Gasteiger partial charge on any atom is 0.236 e. The topological polar surface area (TPSA) is 89.8 Å². The Morgan fingerprint density at radius 3 is 2.52 bits per heavy atom. The number of aryl methyl sites for hydroxylation is 2. The summed E-state index contributed by atoms with van der Waals surface area (Å²) in [7, 11) is -3.41. The van der Waals surface area contributed by atoms with E-state index in [9.17, 15) is 8.42 Å². The van der Waals surface area contributed by atoms with Crippen LogP contribution >= 0.6 is 0 Å². The molecule has 1 fully saturated rings. The van der Waals surface area contributed by atoms with E-state index in [4.69, 9.17) is 0 Å². The summed E-state index contributed by atoms with van der Waals surface area (Å²) in [6.45, 7) is 3.82. The van der Waals surface area contributed by atoms with Crippen LogP contribution in [0.25, 0.3) is 5.82 Å². The van der Waals surface area contributed by atoms with Crippen molar-refractivity contribution in [2.45, 2.75) is 51.2 Å². The monoisotopic (exact) mass is 335 g/mol. The Labute approximate surface area is 136 Å². The van der Waals surface area contributed by atoms with E-state index in [2.05, 4.69) is 19.8 Å². The van der Waals surface area contributed by atoms with Crippen molar-refractivity contribution in [2.75, 3.05) is 4.72 Å². The van der Waals surface area contributed by atoms with Crippen molar-refractivity contribution < 1.29 is 8.42 Å². The normalized spacial score (nSPS) is 16.4. The highest BCUT2D eigenvalue weighted by atomic mass is 32.2. The van der Waals surface area contributed by atoms with Gasteiger partial charge in [-0.2, -0.15) is 5.10 Å². The third-order valence-electron chi connectivity index (χ3n) is 4.12. The molecule has 7 nitrogen and oxygen atoms in total. The zero-order valence-electron chi connectivity index (χ0n) is 13.4. The van der Waals surface area contributed by atoms with Crippen LogP contribution in [0, 0.1) is 13.8 Å². The maximum absolute atomic E-state index is 12.5. The van der Waals surface area contributed by atoms with Gasteiger partial charge < -0.3 is 0 Å². The highest BCUT2D eigenvalue weighted by Gasteiger charge is 2.27. The van der Waals surface area contributed by atoms with E-state index in [0.717, 1.165) is 30.7 Å². The number of rotatable bonds is 4. The number of nitrogens with zero attached hydrogens (tertiary/aromatic N) is 4. The molecule has 0 atom stereocenters. The lowest BCUT2D eigenvalue weighted by atomic mass is 10.0. The second kappa shape index (κ2) is 6.27. The molecule has 2 heterocycles. The minimum Gasteiger partial charge on any atom is -0.267 e. The Morgan fingerprint density at radius 1 is 1.13 bits per heavy atom. The van der Waals surface area contributed by atoms with E-state index in [0.29, 0.717) is 18.7 Å². The van der Waals surface area contributed by atoms with Gasteiger partial charge in [-0.1, -0.05) is 19.3 Å². The second-order valence-electron chi connectivity index (χ2n) is 6.01. The van der Waals surface area contributed by atoms with Crippen LogP contribution in [0.3, 0.4) is 0 Å². The molecule has 1 aliphatic carbocycles. The molecule has 124 valence electrons. The SMILES string of the molecule is Cc1cc(C)n(-c2cc(NS(=O)(=O)C3CCCCC3)ncn2)n1. The Kier molecular flexibility index (Phi) is 4.34. The molecule has 1 aliphatic rings. The molecule has 0 amide bonds. The minimum absolute atomic E-state index is 0.285. The number of hydrogen-bond acceptors (Lipinski definition) is 5. The van der Waals surface area contributed by atoms with Gasteiger partial charge in [0.25, 0.3) is 0 Å². The molecule has 3 rings (SSSR count). The number of hydrogen-bond donors (Lipinski definition) is 1. The average Bonchev–Trinajstić information content (AvgIpc) is 2.87. The number of nitrogens with one attached hydrogen (secondary N) is 1. The molecule has 1 saturated carbocycles. The van der Waals surface area contributed by atoms with Crippen LogP contribution in [0.1, 0.15) is 43.5 Å². The van der Waals surface area contributed by atoms with Crippen LogP contribution in [-0.4, -0.2) is 33.4 Å². The van der Waals surface area contributed by atoms with E-state index in [-0.39, 0.29) is 11.1 Å². The van der Waals surface area contributed by atoms with E-state index >= 15 is 0 Å². The highest BCUT2D eigenvalue weighted by Crippen LogP contribution is 2.25. The summed E-state index contributed by atoms with van der Waals surface area (Å²) in [5, 5.41) is 4.03. The van der Waals surface area contributed by atoms with Crippen molar-refractivity contribution in [2.24, 2.45) is 0 Å². The van der Waals surface area contributed by atoms with Crippen LogP contribution in [0.2, 0.25) is 0 Å². The summed E-state index contributed by atoms with van der Waals surface area (Å²) in [5.74, 6) is 0.833. The molecule has 8 heteroatoms. The Bertz CT molecular complexity index is 794. The molecule has 0 saturated heterocycles. The molecule has 0 spiro atoms. The van der Waals surface area contributed by atoms with Crippen LogP contribution in [0.15, 0.2) is 18.5 Å². The maximum atomic E-state index is 12.5. The number of sulfonamides is 1. The van der Waals surface area contributed by atoms with Gasteiger partial charge in [0.05, 0.1) is 10.9 Å². The first kappa shape index (κ1) is 15.9. The van der Waals surface area contributed by atoms with E-state index in [1.807, 2.05) is 19.9 Å². The fourth-order valence-electron chi connectivity index (χ4n) is 2.98. The quantitative estimate of drug-likeness (QED) is 0.926. The summed E-state index contributed by atoms with van der Waals surface area (Å²) in [4.78, 5) is 8.22. The molecular formula is C15H21N5O2S. The average molecular weight is 335 g/mol. The van der Waals surface area contributed by atoms with E-state index in [1.54, 1.807) is 10.7 Å². The Hall–Kier alpha value is -1.96. The Balaban J connectivity index is 1.84. The summed E-state index contributed by atoms with van der Waals surface area (Å²) < 4.78 is 29.2. The van der Waals surface area contributed by atoms with Gasteiger partial charge >= 0.3 is 0 Å². The van der Waals surface area contributed by atoms with Gasteiger partial charge in [-0.3, -0.25) is 4.72 Å². The van der Waals surface area contributed by atoms with Crippen molar-refractivity contribution in [3.05, 3.63) is 29.8 Å². The van der Waals surface area contributed by atoms with Crippen LogP contribution in [0.4, 0.5) is 5.82 Å². The summed E-state index contributed by atoms with van der Waals surface area (Å²) in [6, 6.07) is 3.55. The molecule has 0 aromatic carbocycles. The van der Waals surface area contributed by atoms with Crippen molar-refractivity contribution in [3.8, 4) is 5.82 Å². The minimum atomic E-state index is -3.41. The van der Waals surface area contributed by atoms with E-state index < -0.39 is 10.0 Å². The summed E-state index contributed by atoms with van der Waals surface area (Å²) >= 11 is 0. The number of aromatic nitrogens is 4. The van der Waals surface area contributed by atoms with Gasteiger partial charge in [-0.15, -0.1) is 0 Å². The van der Waals surface area contributed by atoms with Gasteiger partial charge in [0.2, 0.25) is 10.0 Å². The third-order valence-corrected chi connectivity index (χ3v) is 5.96. The lowest BCUT2D eigenvalue weighted by Crippen LogP contribution is -2.30. The van der Waals surface area contributed by atoms with Gasteiger partial charge in [0.15, 0.2) is 5.82 Å². The van der Waals surface area contributed by atoms with Crippen LogP contribution in [-0.2, 0) is 10.0 Å². The summed E-state index contributed by atoms with van der Waals surface area (Å²) in [5.41, 5.74) is 1.81. The number of anilines is 1. The molecule has 2 aromatic rings. The molecule has 0 radical (unpaired) electrons. The van der Waals surface area contributed by atoms with Gasteiger partial charge in [-0.25, -0.2) is 23.1 Å². The van der Waals surface area contributed by atoms with E-state index in [1.165, 1.54) is 6.33 Å². The first-order chi connectivity index (χ1) is 11.0. The fourth-order valence-corrected chi connectivity index (χ4v) is 4.51. The zero-order chi connectivity index (χ0) is 16.4. The first-order valence-corrected chi connectivity index (χ1v) is 9.38. The molecule has 2 aromatic heterocycles. The predicted molar refractivity (Wildman–Crippen MR) is 88.0 cm³/mol. The largest absolute Gasteiger partial charge is 0.267 e. The standard InChI is InChI=1S/C15H21N5O2S/c1-11-8-12(2)20(18-11)15-9-14(16-10-17-15)19-23(21,22)13-6-4-3-5-7-13/h8-10,13H,3-7H2,1-2H3,(H,16,17,19). The lowest BCUT2D eigenvalue weighted by molar-refractivity contribution is 0.486. The lowest BCUT2D eigenvalue weighted by Gasteiger charge is -2.22. The molecule has 1 N–H and O–H groups in total. The molecular weight excluding hydrogens is 314 g/mol. The van der Waals surface area contributed by atoms with Gasteiger partial charge in [0.1, 0.15) is 12.1 Å². The first-order valence-electron chi connectivity index (χ1n) is 7.83.